The molecule has 1 aromatic rings. The third-order valence-corrected chi connectivity index (χ3v) is 2.25. The first-order chi connectivity index (χ1) is 7.19. The Morgan fingerprint density at radius 3 is 2.80 bits per heavy atom. The lowest BCUT2D eigenvalue weighted by Gasteiger charge is -2.18. The van der Waals surface area contributed by atoms with Crippen LogP contribution in [0.1, 0.15) is 32.4 Å². The van der Waals surface area contributed by atoms with Crippen molar-refractivity contribution in [2.45, 2.75) is 26.8 Å². The van der Waals surface area contributed by atoms with Crippen LogP contribution in [-0.4, -0.2) is 12.8 Å². The molecule has 0 aromatic heterocycles. The van der Waals surface area contributed by atoms with Gasteiger partial charge in [0, 0.05) is 18.8 Å². The normalized spacial score (nSPS) is 13.1. The van der Waals surface area contributed by atoms with Crippen molar-refractivity contribution in [3.8, 4) is 0 Å². The quantitative estimate of drug-likeness (QED) is 0.606. The zero-order valence-electron chi connectivity index (χ0n) is 9.64. The molecule has 0 saturated carbocycles. The van der Waals surface area contributed by atoms with E-state index in [1.54, 1.807) is 6.21 Å². The van der Waals surface area contributed by atoms with Gasteiger partial charge < -0.3 is 5.73 Å². The zero-order chi connectivity index (χ0) is 11.3. The number of hydrogen-bond acceptors (Lipinski definition) is 3. The molecule has 1 atom stereocenters. The minimum Gasteiger partial charge on any atom is -0.324 e. The molecule has 0 radical (unpaired) electrons. The number of nitrogens with zero attached hydrogens (tertiary/aromatic N) is 2. The van der Waals surface area contributed by atoms with Crippen LogP contribution >= 0.6 is 0 Å². The summed E-state index contributed by atoms with van der Waals surface area (Å²) in [5, 5.41) is 6.23. The Balaban J connectivity index is 2.97. The highest BCUT2D eigenvalue weighted by atomic mass is 15.4. The largest absolute Gasteiger partial charge is 0.324 e. The Bertz CT molecular complexity index is 331. The van der Waals surface area contributed by atoms with Gasteiger partial charge in [0.15, 0.2) is 0 Å². The van der Waals surface area contributed by atoms with E-state index < -0.39 is 0 Å². The second-order valence-electron chi connectivity index (χ2n) is 3.47. The van der Waals surface area contributed by atoms with Gasteiger partial charge >= 0.3 is 0 Å². The molecular weight excluding hydrogens is 186 g/mol. The number of hydrazone groups is 1. The lowest BCUT2D eigenvalue weighted by molar-refractivity contribution is 0.813. The van der Waals surface area contributed by atoms with Crippen LogP contribution in [0.3, 0.4) is 0 Å². The van der Waals surface area contributed by atoms with E-state index >= 15 is 0 Å². The molecule has 0 aliphatic carbocycles. The fourth-order valence-electron chi connectivity index (χ4n) is 1.44. The summed E-state index contributed by atoms with van der Waals surface area (Å²) < 4.78 is 0. The van der Waals surface area contributed by atoms with Crippen molar-refractivity contribution in [2.24, 2.45) is 10.8 Å². The van der Waals surface area contributed by atoms with Crippen LogP contribution in [0.5, 0.6) is 0 Å². The molecular formula is C12H19N3. The Kier molecular flexibility index (Phi) is 4.31. The molecule has 0 bridgehead atoms. The van der Waals surface area contributed by atoms with E-state index in [2.05, 4.69) is 18.1 Å². The molecule has 3 heteroatoms. The Labute approximate surface area is 91.6 Å². The van der Waals surface area contributed by atoms with Gasteiger partial charge in [-0.25, -0.2) is 0 Å². The fraction of sp³-hybridized carbons (Fsp3) is 0.417. The van der Waals surface area contributed by atoms with Gasteiger partial charge in [0.05, 0.1) is 5.69 Å². The molecule has 0 spiro atoms. The molecule has 1 rings (SSSR count). The smallest absolute Gasteiger partial charge is 0.0596 e. The number of anilines is 1. The summed E-state index contributed by atoms with van der Waals surface area (Å²) in [5.74, 6) is 0. The van der Waals surface area contributed by atoms with E-state index in [1.165, 1.54) is 0 Å². The van der Waals surface area contributed by atoms with Crippen LogP contribution in [0.2, 0.25) is 0 Å². The van der Waals surface area contributed by atoms with Crippen molar-refractivity contribution < 1.29 is 0 Å². The van der Waals surface area contributed by atoms with Gasteiger partial charge in [-0.2, -0.15) is 5.10 Å². The maximum atomic E-state index is 5.84. The highest BCUT2D eigenvalue weighted by Crippen LogP contribution is 2.19. The average Bonchev–Trinajstić information content (AvgIpc) is 2.26. The maximum Gasteiger partial charge on any atom is 0.0596 e. The molecule has 0 heterocycles. The van der Waals surface area contributed by atoms with Gasteiger partial charge in [-0.15, -0.1) is 0 Å². The predicted molar refractivity (Wildman–Crippen MR) is 66.2 cm³/mol. The van der Waals surface area contributed by atoms with E-state index in [0.29, 0.717) is 0 Å². The molecule has 2 N–H and O–H groups in total. The van der Waals surface area contributed by atoms with E-state index in [-0.39, 0.29) is 6.04 Å². The second-order valence-corrected chi connectivity index (χ2v) is 3.47. The van der Waals surface area contributed by atoms with E-state index in [1.807, 2.05) is 37.1 Å². The number of rotatable bonds is 4. The summed E-state index contributed by atoms with van der Waals surface area (Å²) in [5.41, 5.74) is 8.07. The predicted octanol–water partition coefficient (Wildman–Crippen LogP) is 2.54. The molecule has 1 aromatic carbocycles. The first-order valence-corrected chi connectivity index (χ1v) is 5.30. The molecule has 0 fully saturated rings. The van der Waals surface area contributed by atoms with E-state index in [0.717, 1.165) is 17.8 Å². The van der Waals surface area contributed by atoms with Crippen LogP contribution in [0, 0.1) is 0 Å². The van der Waals surface area contributed by atoms with Crippen LogP contribution < -0.4 is 10.7 Å². The standard InChI is InChI=1S/C12H19N3/c1-4-14-15(5-2)12-8-6-7-11(9-12)10(3)13/h4,6-10H,5,13H2,1-3H3/b14-4-/t10-/m0/s1. The van der Waals surface area contributed by atoms with Gasteiger partial charge in [0.1, 0.15) is 0 Å². The zero-order valence-corrected chi connectivity index (χ0v) is 9.64. The summed E-state index contributed by atoms with van der Waals surface area (Å²) in [4.78, 5) is 0. The lowest BCUT2D eigenvalue weighted by Crippen LogP contribution is -2.16. The third kappa shape index (κ3) is 3.06. The van der Waals surface area contributed by atoms with Gasteiger partial charge in [-0.1, -0.05) is 12.1 Å². The highest BCUT2D eigenvalue weighted by molar-refractivity contribution is 5.58. The average molecular weight is 205 g/mol. The van der Waals surface area contributed by atoms with Crippen molar-refractivity contribution in [2.75, 3.05) is 11.6 Å². The van der Waals surface area contributed by atoms with Crippen molar-refractivity contribution in [1.29, 1.82) is 0 Å². The van der Waals surface area contributed by atoms with E-state index in [4.69, 9.17) is 5.73 Å². The Hall–Kier alpha value is -1.35. The molecule has 0 amide bonds. The Morgan fingerprint density at radius 1 is 1.53 bits per heavy atom. The van der Waals surface area contributed by atoms with Crippen LogP contribution in [0.15, 0.2) is 29.4 Å². The highest BCUT2D eigenvalue weighted by Gasteiger charge is 2.04. The number of hydrogen-bond donors (Lipinski definition) is 1. The summed E-state index contributed by atoms with van der Waals surface area (Å²) in [6, 6.07) is 8.25. The minimum atomic E-state index is 0.0641. The summed E-state index contributed by atoms with van der Waals surface area (Å²) >= 11 is 0. The van der Waals surface area contributed by atoms with Gasteiger partial charge in [0.25, 0.3) is 0 Å². The third-order valence-electron chi connectivity index (χ3n) is 2.25. The topological polar surface area (TPSA) is 41.6 Å². The molecule has 3 nitrogen and oxygen atoms in total. The van der Waals surface area contributed by atoms with Crippen molar-refractivity contribution >= 4 is 11.9 Å². The van der Waals surface area contributed by atoms with E-state index in [9.17, 15) is 0 Å². The number of benzene rings is 1. The fourth-order valence-corrected chi connectivity index (χ4v) is 1.44. The molecule has 15 heavy (non-hydrogen) atoms. The Morgan fingerprint density at radius 2 is 2.27 bits per heavy atom. The van der Waals surface area contributed by atoms with Crippen LogP contribution in [-0.2, 0) is 0 Å². The molecule has 0 aliphatic rings. The van der Waals surface area contributed by atoms with Crippen molar-refractivity contribution in [3.05, 3.63) is 29.8 Å². The SMILES string of the molecule is C/C=N\N(CC)c1cccc([C@H](C)N)c1. The molecule has 0 unspecified atom stereocenters. The second kappa shape index (κ2) is 5.51. The van der Waals surface area contributed by atoms with Gasteiger partial charge in [-0.3, -0.25) is 5.01 Å². The first-order valence-electron chi connectivity index (χ1n) is 5.30. The molecule has 82 valence electrons. The molecule has 0 aliphatic heterocycles. The first kappa shape index (κ1) is 11.7. The summed E-state index contributed by atoms with van der Waals surface area (Å²) in [6.45, 7) is 6.83. The monoisotopic (exact) mass is 205 g/mol. The summed E-state index contributed by atoms with van der Waals surface area (Å²) in [7, 11) is 0. The van der Waals surface area contributed by atoms with Crippen LogP contribution in [0.4, 0.5) is 5.69 Å². The van der Waals surface area contributed by atoms with Gasteiger partial charge in [0.2, 0.25) is 0 Å². The number of nitrogens with two attached hydrogens (primary N) is 1. The minimum absolute atomic E-state index is 0.0641. The van der Waals surface area contributed by atoms with Gasteiger partial charge in [-0.05, 0) is 38.5 Å². The lowest BCUT2D eigenvalue weighted by atomic mass is 10.1. The summed E-state index contributed by atoms with van der Waals surface area (Å²) in [6.07, 6.45) is 1.79. The van der Waals surface area contributed by atoms with Crippen molar-refractivity contribution in [3.63, 3.8) is 0 Å². The van der Waals surface area contributed by atoms with Crippen LogP contribution in [0.25, 0.3) is 0 Å². The maximum absolute atomic E-state index is 5.84. The van der Waals surface area contributed by atoms with Crippen molar-refractivity contribution in [1.82, 2.24) is 0 Å². The molecule has 0 saturated heterocycles.